The zero-order valence-corrected chi connectivity index (χ0v) is 26.2. The van der Waals surface area contributed by atoms with Crippen molar-refractivity contribution in [3.8, 4) is 33.6 Å². The van der Waals surface area contributed by atoms with Crippen molar-refractivity contribution < 1.29 is 0 Å². The SMILES string of the molecule is c1ccc(-c2ccc(-n3c4ccccc4c4ccc(-c5ccc6c(c5)c5c7ccccc7ccc5n6-c5ccccc5)cc43)cc2)cc1. The van der Waals surface area contributed by atoms with Crippen LogP contribution in [0.1, 0.15) is 0 Å². The van der Waals surface area contributed by atoms with Crippen LogP contribution in [0.25, 0.3) is 88.0 Å². The molecule has 0 atom stereocenters. The van der Waals surface area contributed by atoms with Gasteiger partial charge in [-0.05, 0) is 87.6 Å². The lowest BCUT2D eigenvalue weighted by molar-refractivity contribution is 1.18. The van der Waals surface area contributed by atoms with Gasteiger partial charge < -0.3 is 9.13 Å². The molecule has 48 heavy (non-hydrogen) atoms. The van der Waals surface area contributed by atoms with Gasteiger partial charge in [0, 0.05) is 32.9 Å². The maximum absolute atomic E-state index is 2.41. The molecule has 0 fully saturated rings. The molecule has 0 aliphatic heterocycles. The number of hydrogen-bond acceptors (Lipinski definition) is 0. The molecule has 0 saturated carbocycles. The van der Waals surface area contributed by atoms with E-state index in [9.17, 15) is 0 Å². The van der Waals surface area contributed by atoms with Gasteiger partial charge in [0.2, 0.25) is 0 Å². The van der Waals surface area contributed by atoms with Crippen LogP contribution in [0.3, 0.4) is 0 Å². The lowest BCUT2D eigenvalue weighted by Crippen LogP contribution is -1.94. The normalized spacial score (nSPS) is 11.8. The number of rotatable bonds is 4. The first-order chi connectivity index (χ1) is 23.8. The van der Waals surface area contributed by atoms with Gasteiger partial charge in [-0.1, -0.05) is 127 Å². The Kier molecular flexibility index (Phi) is 5.91. The zero-order chi connectivity index (χ0) is 31.6. The van der Waals surface area contributed by atoms with Crippen molar-refractivity contribution >= 4 is 54.4 Å². The molecule has 2 heteroatoms. The summed E-state index contributed by atoms with van der Waals surface area (Å²) >= 11 is 0. The Morgan fingerprint density at radius 3 is 1.65 bits per heavy atom. The van der Waals surface area contributed by atoms with Crippen LogP contribution < -0.4 is 0 Å². The van der Waals surface area contributed by atoms with E-state index in [1.807, 2.05) is 0 Å². The first-order valence-corrected chi connectivity index (χ1v) is 16.5. The van der Waals surface area contributed by atoms with Gasteiger partial charge in [0.05, 0.1) is 22.1 Å². The lowest BCUT2D eigenvalue weighted by atomic mass is 9.99. The average Bonchev–Trinajstić information content (AvgIpc) is 3.68. The fourth-order valence-electron chi connectivity index (χ4n) is 7.69. The lowest BCUT2D eigenvalue weighted by Gasteiger charge is -2.11. The Labute approximate surface area is 278 Å². The third-order valence-corrected chi connectivity index (χ3v) is 9.91. The summed E-state index contributed by atoms with van der Waals surface area (Å²) in [6.45, 7) is 0. The second-order valence-electron chi connectivity index (χ2n) is 12.6. The third kappa shape index (κ3) is 4.06. The van der Waals surface area contributed by atoms with Gasteiger partial charge in [0.25, 0.3) is 0 Å². The minimum atomic E-state index is 1.16. The maximum atomic E-state index is 2.41. The molecule has 0 bridgehead atoms. The van der Waals surface area contributed by atoms with Gasteiger partial charge in [-0.2, -0.15) is 0 Å². The van der Waals surface area contributed by atoms with Gasteiger partial charge in [-0.25, -0.2) is 0 Å². The first-order valence-electron chi connectivity index (χ1n) is 16.5. The molecule has 0 unspecified atom stereocenters. The molecule has 0 amide bonds. The number of benzene rings is 8. The quantitative estimate of drug-likeness (QED) is 0.188. The highest BCUT2D eigenvalue weighted by molar-refractivity contribution is 6.22. The van der Waals surface area contributed by atoms with Crippen LogP contribution in [0, 0.1) is 0 Å². The molecule has 2 nitrogen and oxygen atoms in total. The summed E-state index contributed by atoms with van der Waals surface area (Å²) in [5.41, 5.74) is 12.0. The third-order valence-electron chi connectivity index (χ3n) is 9.91. The van der Waals surface area contributed by atoms with E-state index in [1.54, 1.807) is 0 Å². The molecule has 0 spiro atoms. The topological polar surface area (TPSA) is 9.86 Å². The Morgan fingerprint density at radius 1 is 0.271 bits per heavy atom. The van der Waals surface area contributed by atoms with Crippen LogP contribution in [-0.4, -0.2) is 9.13 Å². The monoisotopic (exact) mass is 610 g/mol. The van der Waals surface area contributed by atoms with E-state index >= 15 is 0 Å². The van der Waals surface area contributed by atoms with Crippen LogP contribution in [0.2, 0.25) is 0 Å². The Morgan fingerprint density at radius 2 is 0.812 bits per heavy atom. The fraction of sp³-hybridized carbons (Fsp3) is 0. The van der Waals surface area contributed by atoms with Crippen molar-refractivity contribution in [3.63, 3.8) is 0 Å². The van der Waals surface area contributed by atoms with Crippen molar-refractivity contribution in [1.29, 1.82) is 0 Å². The number of fused-ring (bicyclic) bond motifs is 8. The van der Waals surface area contributed by atoms with E-state index in [0.717, 1.165) is 5.69 Å². The molecular weight excluding hydrogens is 581 g/mol. The molecule has 2 heterocycles. The maximum Gasteiger partial charge on any atom is 0.0547 e. The molecule has 10 aromatic rings. The summed E-state index contributed by atoms with van der Waals surface area (Å²) in [5.74, 6) is 0. The Hall–Kier alpha value is -6.38. The summed E-state index contributed by atoms with van der Waals surface area (Å²) in [6, 6.07) is 66.2. The van der Waals surface area contributed by atoms with Crippen LogP contribution in [0.5, 0.6) is 0 Å². The van der Waals surface area contributed by atoms with E-state index in [-0.39, 0.29) is 0 Å². The number of aromatic nitrogens is 2. The van der Waals surface area contributed by atoms with E-state index in [0.29, 0.717) is 0 Å². The second-order valence-corrected chi connectivity index (χ2v) is 12.6. The van der Waals surface area contributed by atoms with Gasteiger partial charge in [0.1, 0.15) is 0 Å². The Bertz CT molecular complexity index is 2800. The van der Waals surface area contributed by atoms with Crippen molar-refractivity contribution in [1.82, 2.24) is 9.13 Å². The zero-order valence-electron chi connectivity index (χ0n) is 26.2. The molecule has 0 aliphatic rings. The summed E-state index contributed by atoms with van der Waals surface area (Å²) < 4.78 is 4.82. The van der Waals surface area contributed by atoms with E-state index < -0.39 is 0 Å². The molecule has 0 N–H and O–H groups in total. The highest BCUT2D eigenvalue weighted by Crippen LogP contribution is 2.40. The van der Waals surface area contributed by atoms with Gasteiger partial charge in [0.15, 0.2) is 0 Å². The second kappa shape index (κ2) is 10.6. The number of para-hydroxylation sites is 2. The predicted octanol–water partition coefficient (Wildman–Crippen LogP) is 12.4. The Balaban J connectivity index is 1.19. The average molecular weight is 611 g/mol. The smallest absolute Gasteiger partial charge is 0.0547 e. The molecule has 2 aromatic heterocycles. The van der Waals surface area contributed by atoms with Crippen molar-refractivity contribution in [2.45, 2.75) is 0 Å². The molecule has 0 saturated heterocycles. The van der Waals surface area contributed by atoms with Crippen molar-refractivity contribution in [2.24, 2.45) is 0 Å². The van der Waals surface area contributed by atoms with E-state index in [2.05, 4.69) is 191 Å². The minimum absolute atomic E-state index is 1.16. The van der Waals surface area contributed by atoms with E-state index in [1.165, 1.54) is 82.3 Å². The summed E-state index contributed by atoms with van der Waals surface area (Å²) in [4.78, 5) is 0. The largest absolute Gasteiger partial charge is 0.309 e. The number of hydrogen-bond donors (Lipinski definition) is 0. The van der Waals surface area contributed by atoms with Crippen molar-refractivity contribution in [3.05, 3.63) is 182 Å². The van der Waals surface area contributed by atoms with Crippen LogP contribution in [-0.2, 0) is 0 Å². The molecular formula is C46H30N2. The van der Waals surface area contributed by atoms with Gasteiger partial charge in [-0.3, -0.25) is 0 Å². The predicted molar refractivity (Wildman–Crippen MR) is 203 cm³/mol. The fourth-order valence-corrected chi connectivity index (χ4v) is 7.69. The molecule has 8 aromatic carbocycles. The molecule has 10 rings (SSSR count). The first kappa shape index (κ1) is 26.8. The van der Waals surface area contributed by atoms with Crippen LogP contribution in [0.4, 0.5) is 0 Å². The standard InChI is InChI=1S/C46H30N2/c1-3-11-31(12-4-1)32-19-24-37(25-20-32)48-42-18-10-9-17-39(42)40-26-21-35(30-45(40)48)34-23-27-43-41(29-34)46-38-16-8-7-13-33(38)22-28-44(46)47(43)36-14-5-2-6-15-36/h1-30H. The highest BCUT2D eigenvalue weighted by atomic mass is 15.0. The van der Waals surface area contributed by atoms with E-state index in [4.69, 9.17) is 0 Å². The molecule has 0 radical (unpaired) electrons. The van der Waals surface area contributed by atoms with Gasteiger partial charge in [-0.15, -0.1) is 0 Å². The number of nitrogens with zero attached hydrogens (tertiary/aromatic N) is 2. The van der Waals surface area contributed by atoms with Gasteiger partial charge >= 0.3 is 0 Å². The summed E-state index contributed by atoms with van der Waals surface area (Å²) in [5, 5.41) is 7.61. The van der Waals surface area contributed by atoms with Crippen LogP contribution in [0.15, 0.2) is 182 Å². The summed E-state index contributed by atoms with van der Waals surface area (Å²) in [6.07, 6.45) is 0. The highest BCUT2D eigenvalue weighted by Gasteiger charge is 2.17. The molecule has 0 aliphatic carbocycles. The minimum Gasteiger partial charge on any atom is -0.309 e. The van der Waals surface area contributed by atoms with Crippen molar-refractivity contribution in [2.75, 3.05) is 0 Å². The molecule has 224 valence electrons. The van der Waals surface area contributed by atoms with Crippen LogP contribution >= 0.6 is 0 Å². The summed E-state index contributed by atoms with van der Waals surface area (Å²) in [7, 11) is 0.